The Labute approximate surface area is 130 Å². The van der Waals surface area contributed by atoms with Crippen LogP contribution in [0.15, 0.2) is 54.2 Å². The molecule has 0 aliphatic carbocycles. The van der Waals surface area contributed by atoms with Gasteiger partial charge in [-0.05, 0) is 24.3 Å². The Morgan fingerprint density at radius 3 is 2.52 bits per heavy atom. The average molecular weight is 310 g/mol. The molecule has 0 radical (unpaired) electrons. The summed E-state index contributed by atoms with van der Waals surface area (Å²) in [5.41, 5.74) is 1.00. The van der Waals surface area contributed by atoms with E-state index < -0.39 is 10.7 Å². The van der Waals surface area contributed by atoms with Crippen LogP contribution in [0.25, 0.3) is 0 Å². The summed E-state index contributed by atoms with van der Waals surface area (Å²) < 4.78 is 0. The summed E-state index contributed by atoms with van der Waals surface area (Å²) in [6.45, 7) is 0. The zero-order valence-corrected chi connectivity index (χ0v) is 11.6. The fraction of sp³-hybridized carbons (Fsp3) is 0. The van der Waals surface area contributed by atoms with Gasteiger partial charge in [0.1, 0.15) is 5.75 Å². The summed E-state index contributed by atoms with van der Waals surface area (Å²) in [4.78, 5) is 34.4. The number of hydrogen-bond donors (Lipinski definition) is 2. The highest BCUT2D eigenvalue weighted by atomic mass is 16.6. The molecule has 1 aliphatic heterocycles. The minimum absolute atomic E-state index is 0.00648. The van der Waals surface area contributed by atoms with E-state index in [4.69, 9.17) is 0 Å². The summed E-state index contributed by atoms with van der Waals surface area (Å²) in [5.74, 6) is -0.796. The number of benzene rings is 2. The van der Waals surface area contributed by atoms with Gasteiger partial charge < -0.3 is 10.4 Å². The first kappa shape index (κ1) is 14.5. The number of hydrogen-bond acceptors (Lipinski definition) is 6. The lowest BCUT2D eigenvalue weighted by Gasteiger charge is -1.99. The van der Waals surface area contributed by atoms with Crippen molar-refractivity contribution in [1.82, 2.24) is 0 Å². The number of ketones is 2. The summed E-state index contributed by atoms with van der Waals surface area (Å²) in [7, 11) is 0. The zero-order valence-electron chi connectivity index (χ0n) is 11.6. The standard InChI is InChI=1S/C16H10N2O5/c19-11-5-6-12-13(7-11)17-14(16(12)21)8-15(20)9-1-3-10(4-2-9)18(22)23/h1-8,17,19H/b14-8+. The molecule has 0 unspecified atom stereocenters. The summed E-state index contributed by atoms with van der Waals surface area (Å²) in [6, 6.07) is 9.36. The number of nitrogens with one attached hydrogen (secondary N) is 1. The van der Waals surface area contributed by atoms with Crippen molar-refractivity contribution in [1.29, 1.82) is 0 Å². The molecule has 1 aliphatic rings. The van der Waals surface area contributed by atoms with Crippen molar-refractivity contribution in [3.05, 3.63) is 75.5 Å². The molecule has 0 saturated heterocycles. The third-order valence-corrected chi connectivity index (χ3v) is 3.40. The SMILES string of the molecule is O=C(/C=C1/Nc2cc(O)ccc2C1=O)c1ccc([N+](=O)[O-])cc1. The van der Waals surface area contributed by atoms with Crippen LogP contribution in [-0.4, -0.2) is 21.6 Å². The van der Waals surface area contributed by atoms with Gasteiger partial charge in [0, 0.05) is 35.4 Å². The van der Waals surface area contributed by atoms with Gasteiger partial charge in [0.25, 0.3) is 5.69 Å². The van der Waals surface area contributed by atoms with Crippen molar-refractivity contribution >= 4 is 22.9 Å². The van der Waals surface area contributed by atoms with Crippen LogP contribution < -0.4 is 5.32 Å². The van der Waals surface area contributed by atoms with Gasteiger partial charge in [-0.2, -0.15) is 0 Å². The molecule has 0 spiro atoms. The molecule has 0 atom stereocenters. The number of nitrogens with zero attached hydrogens (tertiary/aromatic N) is 1. The van der Waals surface area contributed by atoms with Crippen molar-refractivity contribution in [2.24, 2.45) is 0 Å². The van der Waals surface area contributed by atoms with Gasteiger partial charge in [-0.25, -0.2) is 0 Å². The Kier molecular flexibility index (Phi) is 3.38. The first-order valence-electron chi connectivity index (χ1n) is 6.61. The number of phenols is 1. The molecule has 0 bridgehead atoms. The molecule has 0 aromatic heterocycles. The maximum Gasteiger partial charge on any atom is 0.269 e. The number of nitro benzene ring substituents is 1. The fourth-order valence-electron chi connectivity index (χ4n) is 2.24. The highest BCUT2D eigenvalue weighted by Crippen LogP contribution is 2.31. The number of allylic oxidation sites excluding steroid dienone is 2. The molecule has 2 aromatic carbocycles. The Bertz CT molecular complexity index is 869. The van der Waals surface area contributed by atoms with Gasteiger partial charge >= 0.3 is 0 Å². The van der Waals surface area contributed by atoms with E-state index in [1.54, 1.807) is 0 Å². The van der Waals surface area contributed by atoms with E-state index in [2.05, 4.69) is 5.32 Å². The second kappa shape index (κ2) is 5.38. The van der Waals surface area contributed by atoms with E-state index in [1.807, 2.05) is 0 Å². The first-order valence-corrected chi connectivity index (χ1v) is 6.61. The lowest BCUT2D eigenvalue weighted by Crippen LogP contribution is -2.05. The van der Waals surface area contributed by atoms with Gasteiger partial charge in [0.15, 0.2) is 5.78 Å². The van der Waals surface area contributed by atoms with Gasteiger partial charge in [-0.15, -0.1) is 0 Å². The van der Waals surface area contributed by atoms with Gasteiger partial charge in [0.2, 0.25) is 5.78 Å². The Morgan fingerprint density at radius 1 is 1.17 bits per heavy atom. The van der Waals surface area contributed by atoms with Gasteiger partial charge in [-0.3, -0.25) is 19.7 Å². The van der Waals surface area contributed by atoms with Crippen molar-refractivity contribution in [3.63, 3.8) is 0 Å². The molecule has 0 fully saturated rings. The lowest BCUT2D eigenvalue weighted by molar-refractivity contribution is -0.384. The normalized spacial score (nSPS) is 14.4. The molecule has 114 valence electrons. The molecular formula is C16H10N2O5. The monoisotopic (exact) mass is 310 g/mol. The maximum absolute atomic E-state index is 12.2. The zero-order chi connectivity index (χ0) is 16.6. The quantitative estimate of drug-likeness (QED) is 0.390. The molecule has 0 amide bonds. The van der Waals surface area contributed by atoms with E-state index >= 15 is 0 Å². The smallest absolute Gasteiger partial charge is 0.269 e. The van der Waals surface area contributed by atoms with Crippen LogP contribution in [0.2, 0.25) is 0 Å². The van der Waals surface area contributed by atoms with Crippen LogP contribution in [0.1, 0.15) is 20.7 Å². The number of rotatable bonds is 3. The third kappa shape index (κ3) is 2.67. The molecule has 2 aromatic rings. The number of nitro groups is 1. The van der Waals surface area contributed by atoms with E-state index in [0.29, 0.717) is 11.3 Å². The minimum atomic E-state index is -0.558. The Hall–Kier alpha value is -3.48. The lowest BCUT2D eigenvalue weighted by atomic mass is 10.1. The van der Waals surface area contributed by atoms with Crippen LogP contribution in [0.3, 0.4) is 0 Å². The largest absolute Gasteiger partial charge is 0.508 e. The third-order valence-electron chi connectivity index (χ3n) is 3.40. The number of phenolic OH excluding ortho intramolecular Hbond substituents is 1. The number of carbonyl (C=O) groups excluding carboxylic acids is 2. The van der Waals surface area contributed by atoms with Crippen LogP contribution in [0, 0.1) is 10.1 Å². The topological polar surface area (TPSA) is 110 Å². The summed E-state index contributed by atoms with van der Waals surface area (Å²) >= 11 is 0. The second-order valence-corrected chi connectivity index (χ2v) is 4.91. The number of fused-ring (bicyclic) bond motifs is 1. The molecule has 7 heteroatoms. The predicted molar refractivity (Wildman–Crippen MR) is 81.6 cm³/mol. The number of Topliss-reactive ketones (excluding diaryl/α,β-unsaturated/α-hetero) is 1. The van der Waals surface area contributed by atoms with Crippen molar-refractivity contribution < 1.29 is 19.6 Å². The molecule has 2 N–H and O–H groups in total. The summed E-state index contributed by atoms with van der Waals surface area (Å²) in [6.07, 6.45) is 1.14. The highest BCUT2D eigenvalue weighted by Gasteiger charge is 2.25. The predicted octanol–water partition coefficient (Wildman–Crippen LogP) is 2.68. The van der Waals surface area contributed by atoms with Crippen LogP contribution >= 0.6 is 0 Å². The number of anilines is 1. The number of carbonyl (C=O) groups is 2. The molecule has 3 rings (SSSR count). The van der Waals surface area contributed by atoms with E-state index in [1.165, 1.54) is 42.5 Å². The molecule has 0 saturated carbocycles. The van der Waals surface area contributed by atoms with E-state index in [-0.39, 0.29) is 28.5 Å². The van der Waals surface area contributed by atoms with E-state index in [9.17, 15) is 24.8 Å². The maximum atomic E-state index is 12.2. The van der Waals surface area contributed by atoms with Crippen LogP contribution in [0.4, 0.5) is 11.4 Å². The van der Waals surface area contributed by atoms with Crippen molar-refractivity contribution in [3.8, 4) is 5.75 Å². The van der Waals surface area contributed by atoms with Gasteiger partial charge in [-0.1, -0.05) is 0 Å². The fourth-order valence-corrected chi connectivity index (χ4v) is 2.24. The Balaban J connectivity index is 1.86. The Morgan fingerprint density at radius 2 is 1.87 bits per heavy atom. The minimum Gasteiger partial charge on any atom is -0.508 e. The van der Waals surface area contributed by atoms with Crippen LogP contribution in [0.5, 0.6) is 5.75 Å². The molecule has 7 nitrogen and oxygen atoms in total. The first-order chi connectivity index (χ1) is 11.0. The van der Waals surface area contributed by atoms with E-state index in [0.717, 1.165) is 6.08 Å². The average Bonchev–Trinajstić information content (AvgIpc) is 2.82. The number of non-ortho nitro benzene ring substituents is 1. The summed E-state index contributed by atoms with van der Waals surface area (Å²) in [5, 5.41) is 22.8. The molecule has 23 heavy (non-hydrogen) atoms. The second-order valence-electron chi connectivity index (χ2n) is 4.91. The number of aromatic hydroxyl groups is 1. The van der Waals surface area contributed by atoms with Crippen LogP contribution in [-0.2, 0) is 0 Å². The highest BCUT2D eigenvalue weighted by molar-refractivity contribution is 6.22. The van der Waals surface area contributed by atoms with Crippen molar-refractivity contribution in [2.75, 3.05) is 5.32 Å². The molecular weight excluding hydrogens is 300 g/mol. The molecule has 1 heterocycles. The van der Waals surface area contributed by atoms with Crippen molar-refractivity contribution in [2.45, 2.75) is 0 Å². The van der Waals surface area contributed by atoms with Gasteiger partial charge in [0.05, 0.1) is 16.3 Å².